The van der Waals surface area contributed by atoms with Crippen LogP contribution in [0.3, 0.4) is 0 Å². The fraction of sp³-hybridized carbons (Fsp3) is 0.240. The van der Waals surface area contributed by atoms with Gasteiger partial charge in [-0.1, -0.05) is 47.5 Å². The molecule has 162 valence electrons. The number of hydrogen-bond donors (Lipinski definition) is 2. The topological polar surface area (TPSA) is 75.3 Å². The van der Waals surface area contributed by atoms with Crippen molar-refractivity contribution in [1.82, 2.24) is 5.32 Å². The van der Waals surface area contributed by atoms with Crippen LogP contribution in [0.5, 0.6) is 0 Å². The fourth-order valence-corrected chi connectivity index (χ4v) is 4.50. The Kier molecular flexibility index (Phi) is 6.51. The Morgan fingerprint density at radius 2 is 1.42 bits per heavy atom. The van der Waals surface area contributed by atoms with Gasteiger partial charge in [0.15, 0.2) is 0 Å². The van der Waals surface area contributed by atoms with E-state index in [4.69, 9.17) is 0 Å². The summed E-state index contributed by atoms with van der Waals surface area (Å²) in [4.78, 5) is 13.0. The number of nitrogens with one attached hydrogen (secondary N) is 2. The third-order valence-corrected chi connectivity index (χ3v) is 6.71. The van der Waals surface area contributed by atoms with Crippen LogP contribution in [0.25, 0.3) is 0 Å². The van der Waals surface area contributed by atoms with Crippen LogP contribution in [-0.4, -0.2) is 14.3 Å². The molecule has 0 aliphatic rings. The summed E-state index contributed by atoms with van der Waals surface area (Å²) in [7, 11) is -3.75. The normalized spacial score (nSPS) is 12.3. The molecule has 0 saturated heterocycles. The molecular formula is C25H28N2O3S. The number of rotatable bonds is 6. The van der Waals surface area contributed by atoms with Gasteiger partial charge in [0.1, 0.15) is 0 Å². The van der Waals surface area contributed by atoms with Crippen molar-refractivity contribution < 1.29 is 13.2 Å². The standard InChI is InChI=1S/C25H28N2O3S/c1-16-7-12-22(13-8-16)31(29,30)27-24-15-21(11-10-19(24)4)25(28)26-20(5)23-14-17(2)6-9-18(23)3/h6-15,20,27H,1-5H3,(H,26,28)/t20-/m0/s1. The van der Waals surface area contributed by atoms with Gasteiger partial charge in [-0.05, 0) is 75.6 Å². The van der Waals surface area contributed by atoms with E-state index in [2.05, 4.69) is 16.1 Å². The van der Waals surface area contributed by atoms with Crippen molar-refractivity contribution in [2.24, 2.45) is 0 Å². The van der Waals surface area contributed by atoms with Gasteiger partial charge in [0.2, 0.25) is 0 Å². The summed E-state index contributed by atoms with van der Waals surface area (Å²) in [6.45, 7) is 9.67. The van der Waals surface area contributed by atoms with Crippen LogP contribution in [0.15, 0.2) is 65.6 Å². The van der Waals surface area contributed by atoms with Crippen LogP contribution in [0.2, 0.25) is 0 Å². The summed E-state index contributed by atoms with van der Waals surface area (Å²) in [6, 6.07) is 17.6. The van der Waals surface area contributed by atoms with Crippen molar-refractivity contribution in [3.05, 3.63) is 94.0 Å². The lowest BCUT2D eigenvalue weighted by molar-refractivity contribution is 0.0940. The summed E-state index contributed by atoms with van der Waals surface area (Å²) < 4.78 is 28.1. The number of carbonyl (C=O) groups excluding carboxylic acids is 1. The molecule has 0 bridgehead atoms. The smallest absolute Gasteiger partial charge is 0.261 e. The molecule has 0 aliphatic heterocycles. The van der Waals surface area contributed by atoms with E-state index in [1.807, 2.05) is 39.8 Å². The first-order valence-electron chi connectivity index (χ1n) is 10.1. The van der Waals surface area contributed by atoms with Gasteiger partial charge in [0.25, 0.3) is 15.9 Å². The van der Waals surface area contributed by atoms with Gasteiger partial charge >= 0.3 is 0 Å². The molecule has 0 fully saturated rings. The van der Waals surface area contributed by atoms with Crippen LogP contribution in [0, 0.1) is 27.7 Å². The predicted octanol–water partition coefficient (Wildman–Crippen LogP) is 5.21. The molecule has 0 radical (unpaired) electrons. The number of sulfonamides is 1. The average Bonchev–Trinajstić information content (AvgIpc) is 2.71. The van der Waals surface area contributed by atoms with Crippen LogP contribution < -0.4 is 10.0 Å². The molecule has 0 heterocycles. The van der Waals surface area contributed by atoms with Crippen molar-refractivity contribution in [2.75, 3.05) is 4.72 Å². The summed E-state index contributed by atoms with van der Waals surface area (Å²) in [6.07, 6.45) is 0. The third-order valence-electron chi connectivity index (χ3n) is 5.32. The minimum Gasteiger partial charge on any atom is -0.346 e. The highest BCUT2D eigenvalue weighted by molar-refractivity contribution is 7.92. The molecule has 1 atom stereocenters. The van der Waals surface area contributed by atoms with Crippen LogP contribution >= 0.6 is 0 Å². The maximum absolute atomic E-state index is 12.9. The first-order chi connectivity index (χ1) is 14.6. The van der Waals surface area contributed by atoms with Crippen molar-refractivity contribution in [3.8, 4) is 0 Å². The summed E-state index contributed by atoms with van der Waals surface area (Å²) in [5.41, 5.74) is 5.78. The molecule has 0 saturated carbocycles. The molecule has 6 heteroatoms. The summed E-state index contributed by atoms with van der Waals surface area (Å²) >= 11 is 0. The first-order valence-corrected chi connectivity index (χ1v) is 11.6. The van der Waals surface area contributed by atoms with E-state index in [1.54, 1.807) is 49.4 Å². The number of aryl methyl sites for hydroxylation is 4. The van der Waals surface area contributed by atoms with E-state index in [9.17, 15) is 13.2 Å². The quantitative estimate of drug-likeness (QED) is 0.557. The number of carbonyl (C=O) groups is 1. The molecule has 31 heavy (non-hydrogen) atoms. The molecule has 0 spiro atoms. The molecule has 2 N–H and O–H groups in total. The van der Waals surface area contributed by atoms with Gasteiger partial charge in [0, 0.05) is 5.56 Å². The molecule has 3 aromatic rings. The zero-order valence-electron chi connectivity index (χ0n) is 18.5. The van der Waals surface area contributed by atoms with E-state index >= 15 is 0 Å². The summed E-state index contributed by atoms with van der Waals surface area (Å²) in [5.74, 6) is -0.260. The maximum Gasteiger partial charge on any atom is 0.261 e. The van der Waals surface area contributed by atoms with Gasteiger partial charge in [-0.15, -0.1) is 0 Å². The van der Waals surface area contributed by atoms with Gasteiger partial charge in [0.05, 0.1) is 16.6 Å². The molecule has 0 aliphatic carbocycles. The largest absolute Gasteiger partial charge is 0.346 e. The van der Waals surface area contributed by atoms with Crippen molar-refractivity contribution >= 4 is 21.6 Å². The molecule has 0 unspecified atom stereocenters. The Morgan fingerprint density at radius 3 is 2.10 bits per heavy atom. The zero-order valence-corrected chi connectivity index (χ0v) is 19.3. The fourth-order valence-electron chi connectivity index (χ4n) is 3.38. The molecular weight excluding hydrogens is 408 g/mol. The maximum atomic E-state index is 12.9. The second-order valence-electron chi connectivity index (χ2n) is 8.00. The Morgan fingerprint density at radius 1 is 0.806 bits per heavy atom. The van der Waals surface area contributed by atoms with Gasteiger partial charge in [-0.3, -0.25) is 9.52 Å². The third kappa shape index (κ3) is 5.33. The zero-order chi connectivity index (χ0) is 22.8. The average molecular weight is 437 g/mol. The van der Waals surface area contributed by atoms with Crippen molar-refractivity contribution in [2.45, 2.75) is 45.6 Å². The van der Waals surface area contributed by atoms with Crippen LogP contribution in [0.4, 0.5) is 5.69 Å². The van der Waals surface area contributed by atoms with Crippen molar-refractivity contribution in [1.29, 1.82) is 0 Å². The Hall–Kier alpha value is -3.12. The minimum absolute atomic E-state index is 0.177. The molecule has 3 rings (SSSR count). The van der Waals surface area contributed by atoms with E-state index in [0.29, 0.717) is 11.3 Å². The first kappa shape index (κ1) is 22.6. The van der Waals surface area contributed by atoms with E-state index in [0.717, 1.165) is 27.8 Å². The number of benzene rings is 3. The number of anilines is 1. The molecule has 1 amide bonds. The highest BCUT2D eigenvalue weighted by Gasteiger charge is 2.18. The molecule has 5 nitrogen and oxygen atoms in total. The second-order valence-corrected chi connectivity index (χ2v) is 9.69. The van der Waals surface area contributed by atoms with Gasteiger partial charge in [-0.2, -0.15) is 0 Å². The van der Waals surface area contributed by atoms with E-state index in [1.165, 1.54) is 0 Å². The van der Waals surface area contributed by atoms with Crippen molar-refractivity contribution in [3.63, 3.8) is 0 Å². The van der Waals surface area contributed by atoms with Gasteiger partial charge in [-0.25, -0.2) is 8.42 Å². The predicted molar refractivity (Wildman–Crippen MR) is 125 cm³/mol. The Bertz CT molecular complexity index is 1220. The Balaban J connectivity index is 1.82. The summed E-state index contributed by atoms with van der Waals surface area (Å²) in [5, 5.41) is 3.01. The highest BCUT2D eigenvalue weighted by Crippen LogP contribution is 2.23. The number of hydrogen-bond acceptors (Lipinski definition) is 3. The Labute approximate surface area is 184 Å². The molecule has 3 aromatic carbocycles. The lowest BCUT2D eigenvalue weighted by Gasteiger charge is -2.18. The molecule has 0 aromatic heterocycles. The lowest BCUT2D eigenvalue weighted by Crippen LogP contribution is -2.27. The minimum atomic E-state index is -3.75. The monoisotopic (exact) mass is 436 g/mol. The number of amides is 1. The lowest BCUT2D eigenvalue weighted by atomic mass is 9.99. The SMILES string of the molecule is Cc1ccc(S(=O)(=O)Nc2cc(C(=O)N[C@@H](C)c3cc(C)ccc3C)ccc2C)cc1. The second kappa shape index (κ2) is 8.94. The van der Waals surface area contributed by atoms with E-state index < -0.39 is 10.0 Å². The van der Waals surface area contributed by atoms with Crippen LogP contribution in [-0.2, 0) is 10.0 Å². The van der Waals surface area contributed by atoms with Gasteiger partial charge < -0.3 is 5.32 Å². The highest BCUT2D eigenvalue weighted by atomic mass is 32.2. The van der Waals surface area contributed by atoms with Crippen LogP contribution in [0.1, 0.15) is 51.1 Å². The van der Waals surface area contributed by atoms with E-state index in [-0.39, 0.29) is 16.8 Å².